The SMILES string of the molecule is Cc1nn(-c2cc(C(F)(F)F)c(F)c(O)c2F)c2cc(Cl)c(N(C)C3CCOCC3)nc12. The first-order valence-electron chi connectivity index (χ1n) is 9.65. The van der Waals surface area contributed by atoms with Crippen LogP contribution in [0, 0.1) is 18.6 Å². The van der Waals surface area contributed by atoms with Crippen molar-refractivity contribution in [2.24, 2.45) is 0 Å². The molecule has 3 aromatic rings. The Morgan fingerprint density at radius 3 is 2.47 bits per heavy atom. The van der Waals surface area contributed by atoms with Gasteiger partial charge in [0, 0.05) is 26.3 Å². The lowest BCUT2D eigenvalue weighted by atomic mass is 10.1. The van der Waals surface area contributed by atoms with E-state index in [0.717, 1.165) is 17.5 Å². The number of aromatic nitrogens is 3. The standard InChI is InChI=1S/C20H18ClF5N4O2/c1-9-17-14(8-12(21)19(27-17)29(2)10-3-5-32-6-4-10)30(28-9)13-7-11(20(24,25)26)15(22)18(31)16(13)23/h7-8,10,31H,3-6H2,1-2H3. The minimum Gasteiger partial charge on any atom is -0.503 e. The van der Waals surface area contributed by atoms with E-state index in [-0.39, 0.29) is 33.9 Å². The van der Waals surface area contributed by atoms with E-state index in [0.29, 0.717) is 19.0 Å². The van der Waals surface area contributed by atoms with Crippen LogP contribution in [0.15, 0.2) is 12.1 Å². The third kappa shape index (κ3) is 3.73. The first-order valence-corrected chi connectivity index (χ1v) is 10.0. The highest BCUT2D eigenvalue weighted by atomic mass is 35.5. The summed E-state index contributed by atoms with van der Waals surface area (Å²) >= 11 is 6.43. The van der Waals surface area contributed by atoms with Crippen molar-refractivity contribution >= 4 is 28.5 Å². The van der Waals surface area contributed by atoms with Crippen molar-refractivity contribution in [1.82, 2.24) is 14.8 Å². The van der Waals surface area contributed by atoms with Gasteiger partial charge < -0.3 is 14.7 Å². The van der Waals surface area contributed by atoms with Crippen molar-refractivity contribution in [1.29, 1.82) is 0 Å². The predicted octanol–water partition coefficient (Wildman–Crippen LogP) is 5.00. The van der Waals surface area contributed by atoms with Gasteiger partial charge in [-0.25, -0.2) is 18.4 Å². The molecule has 0 unspecified atom stereocenters. The number of hydrogen-bond acceptors (Lipinski definition) is 5. The molecule has 1 aliphatic heterocycles. The van der Waals surface area contributed by atoms with Crippen LogP contribution in [0.25, 0.3) is 16.7 Å². The van der Waals surface area contributed by atoms with Crippen LogP contribution in [-0.2, 0) is 10.9 Å². The van der Waals surface area contributed by atoms with Gasteiger partial charge in [0.05, 0.1) is 21.8 Å². The molecule has 4 rings (SSSR count). The molecule has 1 aliphatic rings. The zero-order valence-electron chi connectivity index (χ0n) is 17.0. The Bertz CT molecular complexity index is 1190. The second kappa shape index (κ2) is 8.04. The van der Waals surface area contributed by atoms with Crippen LogP contribution in [0.5, 0.6) is 5.75 Å². The third-order valence-electron chi connectivity index (χ3n) is 5.52. The van der Waals surface area contributed by atoms with Crippen molar-refractivity contribution in [3.63, 3.8) is 0 Å². The molecule has 1 aromatic carbocycles. The van der Waals surface area contributed by atoms with Crippen LogP contribution >= 0.6 is 11.6 Å². The number of nitrogens with zero attached hydrogens (tertiary/aromatic N) is 4. The van der Waals surface area contributed by atoms with E-state index in [2.05, 4.69) is 10.1 Å². The number of halogens is 6. The number of phenols is 1. The summed E-state index contributed by atoms with van der Waals surface area (Å²) in [5, 5.41) is 13.9. The van der Waals surface area contributed by atoms with Crippen molar-refractivity contribution in [2.45, 2.75) is 32.0 Å². The highest BCUT2D eigenvalue weighted by molar-refractivity contribution is 6.33. The minimum absolute atomic E-state index is 0.106. The van der Waals surface area contributed by atoms with Crippen LogP contribution in [0.4, 0.5) is 27.8 Å². The first kappa shape index (κ1) is 22.5. The molecule has 0 aliphatic carbocycles. The summed E-state index contributed by atoms with van der Waals surface area (Å²) in [4.78, 5) is 6.42. The number of ether oxygens (including phenoxy) is 1. The number of aryl methyl sites for hydroxylation is 1. The second-order valence-electron chi connectivity index (χ2n) is 7.53. The van der Waals surface area contributed by atoms with E-state index in [9.17, 15) is 27.1 Å². The fourth-order valence-corrected chi connectivity index (χ4v) is 4.07. The average molecular weight is 477 g/mol. The van der Waals surface area contributed by atoms with Crippen LogP contribution in [0.1, 0.15) is 24.1 Å². The predicted molar refractivity (Wildman–Crippen MR) is 107 cm³/mol. The summed E-state index contributed by atoms with van der Waals surface area (Å²) in [7, 11) is 1.82. The number of benzene rings is 1. The van der Waals surface area contributed by atoms with Crippen LogP contribution < -0.4 is 4.90 Å². The number of phenolic OH excluding ortho intramolecular Hbond substituents is 1. The zero-order valence-corrected chi connectivity index (χ0v) is 17.7. The number of anilines is 1. The molecule has 0 atom stereocenters. The molecule has 3 heterocycles. The molecule has 12 heteroatoms. The van der Waals surface area contributed by atoms with Gasteiger partial charge in [-0.05, 0) is 31.9 Å². The summed E-state index contributed by atoms with van der Waals surface area (Å²) in [6.07, 6.45) is -3.62. The molecule has 0 spiro atoms. The summed E-state index contributed by atoms with van der Waals surface area (Å²) in [5.41, 5.74) is -1.93. The van der Waals surface area contributed by atoms with Crippen LogP contribution in [0.3, 0.4) is 0 Å². The normalized spacial score (nSPS) is 15.5. The van der Waals surface area contributed by atoms with Gasteiger partial charge >= 0.3 is 6.18 Å². The molecular weight excluding hydrogens is 459 g/mol. The molecule has 6 nitrogen and oxygen atoms in total. The van der Waals surface area contributed by atoms with Crippen molar-refractivity contribution < 1.29 is 31.8 Å². The lowest BCUT2D eigenvalue weighted by molar-refractivity contribution is -0.140. The number of aromatic hydroxyl groups is 1. The lowest BCUT2D eigenvalue weighted by Crippen LogP contribution is -2.37. The summed E-state index contributed by atoms with van der Waals surface area (Å²) in [6, 6.07) is 1.79. The van der Waals surface area contributed by atoms with Gasteiger partial charge in [0.2, 0.25) is 0 Å². The fraction of sp³-hybridized carbons (Fsp3) is 0.400. The second-order valence-corrected chi connectivity index (χ2v) is 7.94. The van der Waals surface area contributed by atoms with Gasteiger partial charge in [0.25, 0.3) is 0 Å². The number of hydrogen-bond donors (Lipinski definition) is 1. The highest BCUT2D eigenvalue weighted by Gasteiger charge is 2.38. The number of fused-ring (bicyclic) bond motifs is 1. The van der Waals surface area contributed by atoms with E-state index >= 15 is 0 Å². The largest absolute Gasteiger partial charge is 0.503 e. The van der Waals surface area contributed by atoms with Gasteiger partial charge in [-0.1, -0.05) is 11.6 Å². The van der Waals surface area contributed by atoms with Crippen LogP contribution in [-0.4, -0.2) is 46.2 Å². The van der Waals surface area contributed by atoms with E-state index in [4.69, 9.17) is 16.3 Å². The smallest absolute Gasteiger partial charge is 0.419 e. The highest BCUT2D eigenvalue weighted by Crippen LogP contribution is 2.40. The summed E-state index contributed by atoms with van der Waals surface area (Å²) in [5.74, 6) is -4.99. The molecule has 0 saturated carbocycles. The maximum Gasteiger partial charge on any atom is 0.419 e. The van der Waals surface area contributed by atoms with Crippen molar-refractivity contribution in [2.75, 3.05) is 25.2 Å². The molecular formula is C20H18ClF5N4O2. The molecule has 0 radical (unpaired) electrons. The van der Waals surface area contributed by atoms with Gasteiger partial charge in [-0.3, -0.25) is 0 Å². The molecule has 1 fully saturated rings. The van der Waals surface area contributed by atoms with Gasteiger partial charge in [-0.15, -0.1) is 0 Å². The number of rotatable bonds is 3. The maximum absolute atomic E-state index is 14.6. The van der Waals surface area contributed by atoms with Crippen LogP contribution in [0.2, 0.25) is 5.02 Å². The lowest BCUT2D eigenvalue weighted by Gasteiger charge is -2.32. The molecule has 172 valence electrons. The molecule has 1 saturated heterocycles. The fourth-order valence-electron chi connectivity index (χ4n) is 3.79. The molecule has 1 N–H and O–H groups in total. The topological polar surface area (TPSA) is 63.4 Å². The Hall–Kier alpha value is -2.66. The monoisotopic (exact) mass is 476 g/mol. The molecule has 0 amide bonds. The van der Waals surface area contributed by atoms with Gasteiger partial charge in [0.1, 0.15) is 17.0 Å². The summed E-state index contributed by atoms with van der Waals surface area (Å²) < 4.78 is 74.3. The third-order valence-corrected chi connectivity index (χ3v) is 5.80. The quantitative estimate of drug-likeness (QED) is 0.539. The molecule has 2 aromatic heterocycles. The van der Waals surface area contributed by atoms with Crippen molar-refractivity contribution in [3.05, 3.63) is 40.0 Å². The molecule has 0 bridgehead atoms. The Balaban J connectivity index is 1.88. The van der Waals surface area contributed by atoms with Gasteiger partial charge in [0.15, 0.2) is 17.4 Å². The maximum atomic E-state index is 14.6. The van der Waals surface area contributed by atoms with E-state index in [1.807, 2.05) is 11.9 Å². The van der Waals surface area contributed by atoms with E-state index in [1.54, 1.807) is 6.92 Å². The number of pyridine rings is 1. The first-order chi connectivity index (χ1) is 15.0. The van der Waals surface area contributed by atoms with E-state index < -0.39 is 34.8 Å². The summed E-state index contributed by atoms with van der Waals surface area (Å²) in [6.45, 7) is 2.74. The Labute approximate surface area is 184 Å². The average Bonchev–Trinajstić information content (AvgIpc) is 3.06. The molecule has 32 heavy (non-hydrogen) atoms. The Kier molecular flexibility index (Phi) is 5.66. The van der Waals surface area contributed by atoms with Crippen molar-refractivity contribution in [3.8, 4) is 11.4 Å². The van der Waals surface area contributed by atoms with Gasteiger partial charge in [-0.2, -0.15) is 18.3 Å². The minimum atomic E-state index is -5.16. The van der Waals surface area contributed by atoms with E-state index in [1.165, 1.54) is 6.07 Å². The Morgan fingerprint density at radius 1 is 1.19 bits per heavy atom. The number of alkyl halides is 3. The Morgan fingerprint density at radius 2 is 1.84 bits per heavy atom. The zero-order chi connectivity index (χ0) is 23.4.